The van der Waals surface area contributed by atoms with Crippen LogP contribution in [0.4, 0.5) is 9.59 Å². The van der Waals surface area contributed by atoms with E-state index in [0.29, 0.717) is 13.1 Å². The van der Waals surface area contributed by atoms with Crippen molar-refractivity contribution in [3.8, 4) is 21.8 Å². The summed E-state index contributed by atoms with van der Waals surface area (Å²) in [6.07, 6.45) is 5.65. The maximum Gasteiger partial charge on any atom is 0.407 e. The van der Waals surface area contributed by atoms with Crippen LogP contribution in [0.25, 0.3) is 42.7 Å². The third-order valence-corrected chi connectivity index (χ3v) is 12.0. The molecular weight excluding hydrogens is 791 g/mol. The molecule has 57 heavy (non-hydrogen) atoms. The number of hydrogen-bond donors (Lipinski definition) is 4. The lowest BCUT2D eigenvalue weighted by molar-refractivity contribution is -0.136. The zero-order chi connectivity index (χ0) is 39.0. The van der Waals surface area contributed by atoms with Gasteiger partial charge in [-0.25, -0.2) is 19.6 Å². The van der Waals surface area contributed by atoms with Crippen molar-refractivity contribution in [1.29, 1.82) is 0 Å². The predicted octanol–water partition coefficient (Wildman–Crippen LogP) is 7.77. The highest BCUT2D eigenvalue weighted by Gasteiger charge is 2.39. The number of H-pyrrole nitrogens is 2. The second kappa shape index (κ2) is 18.2. The first-order chi connectivity index (χ1) is 26.5. The smallest absolute Gasteiger partial charge is 0.407 e. The standard InChI is InChI=1S/C40H48N8O6S.2ClH/c1-21(2)32(45-39(51)53-5)37(49)47-15-7-9-29(47)35-41-19-27(43-35)24-13-14-26-23(17-24)11-12-25-18-31(55-34(25)26)28-20-42-36(44-28)30-10-8-16-48(30)38(50)33(22(3)4)46-40(52)54-6;;/h11-14,17-22,29-30,32-33H,7-10,15-16H2,1-6H3,(H,41,43)(H,42,44)(H,45,51)(H,46,52);2*1H/t29?,30?,32-,33-;;/m0../s1. The number of aromatic amines is 2. The highest BCUT2D eigenvalue weighted by Crippen LogP contribution is 2.40. The quantitative estimate of drug-likeness (QED) is 0.110. The minimum absolute atomic E-state index is 0. The summed E-state index contributed by atoms with van der Waals surface area (Å²) < 4.78 is 10.7. The molecule has 0 saturated carbocycles. The molecule has 0 radical (unpaired) electrons. The highest BCUT2D eigenvalue weighted by atomic mass is 35.5. The summed E-state index contributed by atoms with van der Waals surface area (Å²) in [6, 6.07) is 11.0. The number of methoxy groups -OCH3 is 2. The highest BCUT2D eigenvalue weighted by molar-refractivity contribution is 7.23. The molecule has 0 aliphatic carbocycles. The summed E-state index contributed by atoms with van der Waals surface area (Å²) in [4.78, 5) is 72.3. The van der Waals surface area contributed by atoms with Gasteiger partial charge in [-0.3, -0.25) is 9.59 Å². The average molecular weight is 842 g/mol. The van der Waals surface area contributed by atoms with Crippen molar-refractivity contribution in [2.24, 2.45) is 11.8 Å². The van der Waals surface area contributed by atoms with Gasteiger partial charge < -0.3 is 39.9 Å². The van der Waals surface area contributed by atoms with Gasteiger partial charge in [-0.1, -0.05) is 52.0 Å². The van der Waals surface area contributed by atoms with Crippen LogP contribution in [0.1, 0.15) is 77.1 Å². The number of carbonyl (C=O) groups excluding carboxylic acids is 4. The number of likely N-dealkylation sites (tertiary alicyclic amines) is 2. The summed E-state index contributed by atoms with van der Waals surface area (Å²) in [6.45, 7) is 8.80. The Kier molecular flexibility index (Phi) is 13.8. The van der Waals surface area contributed by atoms with Gasteiger partial charge in [-0.15, -0.1) is 36.2 Å². The molecule has 7 rings (SSSR count). The van der Waals surface area contributed by atoms with Crippen LogP contribution >= 0.6 is 36.2 Å². The molecule has 17 heteroatoms. The second-order valence-electron chi connectivity index (χ2n) is 15.0. The Bertz CT molecular complexity index is 2240. The van der Waals surface area contributed by atoms with Gasteiger partial charge in [0.05, 0.1) is 55.0 Å². The molecule has 2 aliphatic rings. The van der Waals surface area contributed by atoms with Crippen molar-refractivity contribution in [3.63, 3.8) is 0 Å². The number of hydrogen-bond acceptors (Lipinski definition) is 9. The lowest BCUT2D eigenvalue weighted by Crippen LogP contribution is -2.51. The fraction of sp³-hybridized carbons (Fsp3) is 0.450. The molecule has 4 N–H and O–H groups in total. The van der Waals surface area contributed by atoms with E-state index in [0.717, 1.165) is 80.0 Å². The van der Waals surface area contributed by atoms with E-state index < -0.39 is 24.3 Å². The third kappa shape index (κ3) is 8.70. The molecule has 306 valence electrons. The SMILES string of the molecule is COC(=O)N[C@H](C(=O)N1CCCC1c1ncc(-c2ccc3c(ccc4cc(-c5cnc(C6CCCN6C(=O)[C@@H](NC(=O)OC)C(C)C)[nH]5)sc43)c2)[nH]1)C(C)C.Cl.Cl. The molecule has 2 aliphatic heterocycles. The molecular formula is C40H50Cl2N8O6S. The number of fused-ring (bicyclic) bond motifs is 3. The van der Waals surface area contributed by atoms with E-state index in [1.807, 2.05) is 49.9 Å². The number of nitrogens with zero attached hydrogens (tertiary/aromatic N) is 4. The summed E-state index contributed by atoms with van der Waals surface area (Å²) in [7, 11) is 2.58. The average Bonchev–Trinajstić information content (AvgIpc) is 4.03. The van der Waals surface area contributed by atoms with Gasteiger partial charge in [0.2, 0.25) is 11.8 Å². The molecule has 14 nitrogen and oxygen atoms in total. The number of carbonyl (C=O) groups is 4. The Morgan fingerprint density at radius 2 is 1.25 bits per heavy atom. The van der Waals surface area contributed by atoms with E-state index in [1.165, 1.54) is 14.2 Å². The van der Waals surface area contributed by atoms with Gasteiger partial charge in [0.15, 0.2) is 0 Å². The molecule has 4 atom stereocenters. The fourth-order valence-corrected chi connectivity index (χ4v) is 8.96. The Hall–Kier alpha value is -4.86. The van der Waals surface area contributed by atoms with E-state index >= 15 is 0 Å². The number of halogens is 2. The Labute approximate surface area is 347 Å². The number of imidazole rings is 2. The third-order valence-electron chi connectivity index (χ3n) is 10.8. The number of ether oxygens (including phenoxy) is 2. The second-order valence-corrected chi connectivity index (χ2v) is 16.0. The molecule has 4 amide bonds. The van der Waals surface area contributed by atoms with Gasteiger partial charge in [0, 0.05) is 23.4 Å². The van der Waals surface area contributed by atoms with Gasteiger partial charge in [0.25, 0.3) is 0 Å². The van der Waals surface area contributed by atoms with Gasteiger partial charge in [0.1, 0.15) is 23.7 Å². The van der Waals surface area contributed by atoms with Crippen molar-refractivity contribution in [2.45, 2.75) is 77.5 Å². The first kappa shape index (κ1) is 43.3. The van der Waals surface area contributed by atoms with E-state index in [9.17, 15) is 19.2 Å². The molecule has 2 fully saturated rings. The molecule has 3 aromatic heterocycles. The number of benzene rings is 2. The summed E-state index contributed by atoms with van der Waals surface area (Å²) in [5, 5.41) is 8.75. The van der Waals surface area contributed by atoms with Crippen molar-refractivity contribution >= 4 is 81.0 Å². The molecule has 2 unspecified atom stereocenters. The monoisotopic (exact) mass is 840 g/mol. The number of rotatable bonds is 10. The lowest BCUT2D eigenvalue weighted by atomic mass is 10.0. The van der Waals surface area contributed by atoms with E-state index in [1.54, 1.807) is 11.3 Å². The topological polar surface area (TPSA) is 175 Å². The van der Waals surface area contributed by atoms with Crippen LogP contribution in [0.3, 0.4) is 0 Å². The zero-order valence-electron chi connectivity index (χ0n) is 32.8. The summed E-state index contributed by atoms with van der Waals surface area (Å²) in [5.74, 6) is 0.959. The molecule has 5 heterocycles. The first-order valence-corrected chi connectivity index (χ1v) is 19.7. The minimum atomic E-state index is -0.693. The number of nitrogens with one attached hydrogen (secondary N) is 4. The van der Waals surface area contributed by atoms with E-state index in [-0.39, 0.29) is 60.5 Å². The number of alkyl carbamates (subject to hydrolysis) is 2. The minimum Gasteiger partial charge on any atom is -0.453 e. The Balaban J connectivity index is 0.00000310. The number of aromatic nitrogens is 4. The Morgan fingerprint density at radius 1 is 0.737 bits per heavy atom. The van der Waals surface area contributed by atoms with Crippen LogP contribution in [-0.2, 0) is 19.1 Å². The van der Waals surface area contributed by atoms with Gasteiger partial charge in [-0.2, -0.15) is 0 Å². The maximum absolute atomic E-state index is 13.6. The fourth-order valence-electron chi connectivity index (χ4n) is 7.80. The van der Waals surface area contributed by atoms with Crippen molar-refractivity contribution in [3.05, 3.63) is 60.4 Å². The first-order valence-electron chi connectivity index (χ1n) is 18.8. The van der Waals surface area contributed by atoms with Crippen LogP contribution in [0.15, 0.2) is 48.8 Å². The predicted molar refractivity (Wildman–Crippen MR) is 225 cm³/mol. The zero-order valence-corrected chi connectivity index (χ0v) is 35.2. The van der Waals surface area contributed by atoms with Gasteiger partial charge >= 0.3 is 12.2 Å². The van der Waals surface area contributed by atoms with Gasteiger partial charge in [-0.05, 0) is 65.8 Å². The van der Waals surface area contributed by atoms with Crippen LogP contribution in [0.5, 0.6) is 0 Å². The van der Waals surface area contributed by atoms with Crippen LogP contribution < -0.4 is 10.6 Å². The van der Waals surface area contributed by atoms with Crippen LogP contribution in [0, 0.1) is 11.8 Å². The number of thiophene rings is 1. The van der Waals surface area contributed by atoms with Crippen molar-refractivity contribution in [2.75, 3.05) is 27.3 Å². The molecule has 0 bridgehead atoms. The van der Waals surface area contributed by atoms with E-state index in [2.05, 4.69) is 57.0 Å². The normalized spacial score (nSPS) is 17.7. The molecule has 2 saturated heterocycles. The Morgan fingerprint density at radius 3 is 1.77 bits per heavy atom. The van der Waals surface area contributed by atoms with Crippen molar-refractivity contribution in [1.82, 2.24) is 40.4 Å². The largest absolute Gasteiger partial charge is 0.453 e. The molecule has 0 spiro atoms. The summed E-state index contributed by atoms with van der Waals surface area (Å²) >= 11 is 1.69. The van der Waals surface area contributed by atoms with Crippen molar-refractivity contribution < 1.29 is 28.7 Å². The van der Waals surface area contributed by atoms with Crippen LogP contribution in [-0.4, -0.2) is 93.1 Å². The maximum atomic E-state index is 13.6. The summed E-state index contributed by atoms with van der Waals surface area (Å²) in [5.41, 5.74) is 2.74. The molecule has 5 aromatic rings. The lowest BCUT2D eigenvalue weighted by Gasteiger charge is -2.30. The molecule has 2 aromatic carbocycles. The number of amides is 4. The van der Waals surface area contributed by atoms with Crippen LogP contribution in [0.2, 0.25) is 0 Å². The van der Waals surface area contributed by atoms with E-state index in [4.69, 9.17) is 19.4 Å².